The molecule has 0 spiro atoms. The molecule has 7 heteroatoms. The Hall–Kier alpha value is -1.35. The second kappa shape index (κ2) is 12.1. The molecule has 1 aromatic rings. The van der Waals surface area contributed by atoms with Gasteiger partial charge < -0.3 is 20.3 Å². The van der Waals surface area contributed by atoms with Gasteiger partial charge in [0.05, 0.1) is 13.2 Å². The van der Waals surface area contributed by atoms with Crippen molar-refractivity contribution in [3.05, 3.63) is 35.4 Å². The van der Waals surface area contributed by atoms with Crippen LogP contribution in [-0.4, -0.2) is 49.6 Å². The van der Waals surface area contributed by atoms with E-state index in [2.05, 4.69) is 29.7 Å². The summed E-state index contributed by atoms with van der Waals surface area (Å²) in [4.78, 5) is 18.5. The van der Waals surface area contributed by atoms with E-state index in [4.69, 9.17) is 9.73 Å². The van der Waals surface area contributed by atoms with Gasteiger partial charge >= 0.3 is 0 Å². The maximum absolute atomic E-state index is 11.8. The molecule has 1 amide bonds. The van der Waals surface area contributed by atoms with Crippen molar-refractivity contribution < 1.29 is 9.53 Å². The van der Waals surface area contributed by atoms with Crippen LogP contribution in [0, 0.1) is 0 Å². The van der Waals surface area contributed by atoms with Crippen molar-refractivity contribution in [1.29, 1.82) is 0 Å². The summed E-state index contributed by atoms with van der Waals surface area (Å²) in [5, 5.41) is 6.75. The zero-order valence-electron chi connectivity index (χ0n) is 16.0. The van der Waals surface area contributed by atoms with Gasteiger partial charge in [0.25, 0.3) is 0 Å². The lowest BCUT2D eigenvalue weighted by Gasteiger charge is -2.19. The van der Waals surface area contributed by atoms with Crippen molar-refractivity contribution in [2.24, 2.45) is 4.99 Å². The number of likely N-dealkylation sites (tertiary alicyclic amines) is 1. The maximum Gasteiger partial charge on any atom is 0.222 e. The Balaban J connectivity index is 0.00000338. The largest absolute Gasteiger partial charge is 0.380 e. The Kier molecular flexibility index (Phi) is 10.6. The van der Waals surface area contributed by atoms with Crippen LogP contribution in [0.15, 0.2) is 29.3 Å². The summed E-state index contributed by atoms with van der Waals surface area (Å²) in [6.07, 6.45) is 1.52. The van der Waals surface area contributed by atoms with Crippen molar-refractivity contribution in [3.63, 3.8) is 0 Å². The molecular weight excluding hydrogens is 443 g/mol. The summed E-state index contributed by atoms with van der Waals surface area (Å²) < 4.78 is 5.26. The van der Waals surface area contributed by atoms with E-state index >= 15 is 0 Å². The average Bonchev–Trinajstić information content (AvgIpc) is 3.09. The first kappa shape index (κ1) is 22.7. The van der Waals surface area contributed by atoms with Gasteiger partial charge in [-0.3, -0.25) is 4.79 Å². The number of halogens is 1. The van der Waals surface area contributed by atoms with Gasteiger partial charge in [-0.05, 0) is 24.5 Å². The van der Waals surface area contributed by atoms with Crippen LogP contribution in [0.4, 0.5) is 0 Å². The van der Waals surface area contributed by atoms with Crippen molar-refractivity contribution in [2.45, 2.75) is 45.9 Å². The summed E-state index contributed by atoms with van der Waals surface area (Å²) in [7, 11) is 1.70. The van der Waals surface area contributed by atoms with Gasteiger partial charge in [-0.1, -0.05) is 31.2 Å². The number of benzene rings is 1. The zero-order valence-corrected chi connectivity index (χ0v) is 18.3. The molecule has 1 heterocycles. The SMILES string of the molecule is CCNC(=NCc1ccccc1COC)NC1CCN(C(=O)CC)C1.I. The topological polar surface area (TPSA) is 66.0 Å². The van der Waals surface area contributed by atoms with E-state index in [-0.39, 0.29) is 35.9 Å². The average molecular weight is 474 g/mol. The molecule has 1 aromatic carbocycles. The standard InChI is InChI=1S/C19H30N4O2.HI/c1-4-18(24)23-11-10-17(13-23)22-19(20-5-2)21-12-15-8-6-7-9-16(15)14-25-3;/h6-9,17H,4-5,10-14H2,1-3H3,(H2,20,21,22);1H. The molecule has 1 fully saturated rings. The van der Waals surface area contributed by atoms with Crippen LogP contribution in [0.25, 0.3) is 0 Å². The minimum atomic E-state index is 0. The first-order chi connectivity index (χ1) is 12.2. The molecule has 1 saturated heterocycles. The summed E-state index contributed by atoms with van der Waals surface area (Å²) in [5.74, 6) is 1.02. The van der Waals surface area contributed by atoms with Crippen LogP contribution in [0.5, 0.6) is 0 Å². The Labute approximate surface area is 173 Å². The first-order valence-corrected chi connectivity index (χ1v) is 9.06. The minimum absolute atomic E-state index is 0. The van der Waals surface area contributed by atoms with Gasteiger partial charge in [-0.25, -0.2) is 4.99 Å². The fourth-order valence-electron chi connectivity index (χ4n) is 3.01. The normalized spacial score (nSPS) is 17.0. The highest BCUT2D eigenvalue weighted by molar-refractivity contribution is 14.0. The number of carbonyl (C=O) groups is 1. The van der Waals surface area contributed by atoms with E-state index in [0.717, 1.165) is 43.1 Å². The van der Waals surface area contributed by atoms with E-state index in [0.29, 0.717) is 19.6 Å². The fraction of sp³-hybridized carbons (Fsp3) is 0.579. The molecule has 0 bridgehead atoms. The summed E-state index contributed by atoms with van der Waals surface area (Å²) in [6.45, 7) is 7.52. The van der Waals surface area contributed by atoms with E-state index in [9.17, 15) is 4.79 Å². The molecule has 146 valence electrons. The van der Waals surface area contributed by atoms with E-state index < -0.39 is 0 Å². The van der Waals surface area contributed by atoms with Crippen molar-refractivity contribution in [3.8, 4) is 0 Å². The minimum Gasteiger partial charge on any atom is -0.380 e. The molecule has 2 rings (SSSR count). The molecule has 26 heavy (non-hydrogen) atoms. The van der Waals surface area contributed by atoms with Gasteiger partial charge in [-0.15, -0.1) is 24.0 Å². The molecule has 2 N–H and O–H groups in total. The number of carbonyl (C=O) groups excluding carboxylic acids is 1. The second-order valence-corrected chi connectivity index (χ2v) is 6.22. The van der Waals surface area contributed by atoms with E-state index in [1.54, 1.807) is 7.11 Å². The van der Waals surface area contributed by atoms with E-state index in [1.807, 2.05) is 24.0 Å². The van der Waals surface area contributed by atoms with Crippen molar-refractivity contribution >= 4 is 35.8 Å². The third-order valence-electron chi connectivity index (χ3n) is 4.35. The Morgan fingerprint density at radius 3 is 2.69 bits per heavy atom. The van der Waals surface area contributed by atoms with Crippen LogP contribution in [0.2, 0.25) is 0 Å². The zero-order chi connectivity index (χ0) is 18.1. The first-order valence-electron chi connectivity index (χ1n) is 9.06. The lowest BCUT2D eigenvalue weighted by atomic mass is 10.1. The molecule has 0 radical (unpaired) electrons. The summed E-state index contributed by atoms with van der Waals surface area (Å²) in [5.41, 5.74) is 2.32. The summed E-state index contributed by atoms with van der Waals surface area (Å²) >= 11 is 0. The van der Waals surface area contributed by atoms with Crippen LogP contribution >= 0.6 is 24.0 Å². The number of methoxy groups -OCH3 is 1. The molecule has 1 atom stereocenters. The predicted molar refractivity (Wildman–Crippen MR) is 116 cm³/mol. The number of rotatable bonds is 7. The van der Waals surface area contributed by atoms with Gasteiger partial charge in [0.1, 0.15) is 0 Å². The number of amides is 1. The third-order valence-corrected chi connectivity index (χ3v) is 4.35. The highest BCUT2D eigenvalue weighted by atomic mass is 127. The Morgan fingerprint density at radius 1 is 1.31 bits per heavy atom. The van der Waals surface area contributed by atoms with Crippen LogP contribution in [0.1, 0.15) is 37.8 Å². The highest BCUT2D eigenvalue weighted by Crippen LogP contribution is 2.12. The number of guanidine groups is 1. The highest BCUT2D eigenvalue weighted by Gasteiger charge is 2.25. The number of aliphatic imine (C=N–C) groups is 1. The second-order valence-electron chi connectivity index (χ2n) is 6.22. The lowest BCUT2D eigenvalue weighted by Crippen LogP contribution is -2.45. The fourth-order valence-corrected chi connectivity index (χ4v) is 3.01. The molecule has 0 saturated carbocycles. The lowest BCUT2D eigenvalue weighted by molar-refractivity contribution is -0.129. The van der Waals surface area contributed by atoms with Crippen LogP contribution < -0.4 is 10.6 Å². The molecule has 1 aliphatic heterocycles. The Morgan fingerprint density at radius 2 is 2.04 bits per heavy atom. The molecule has 6 nitrogen and oxygen atoms in total. The molecule has 1 aliphatic rings. The van der Waals surface area contributed by atoms with Gasteiger partial charge in [0, 0.05) is 39.2 Å². The van der Waals surface area contributed by atoms with Gasteiger partial charge in [0.2, 0.25) is 5.91 Å². The number of nitrogens with one attached hydrogen (secondary N) is 2. The summed E-state index contributed by atoms with van der Waals surface area (Å²) in [6, 6.07) is 8.44. The molecular formula is C19H31IN4O2. The van der Waals surface area contributed by atoms with Crippen LogP contribution in [-0.2, 0) is 22.7 Å². The maximum atomic E-state index is 11.8. The quantitative estimate of drug-likeness (QED) is 0.362. The number of ether oxygens (including phenoxy) is 1. The predicted octanol–water partition coefficient (Wildman–Crippen LogP) is 2.52. The molecule has 1 unspecified atom stereocenters. The Bertz CT molecular complexity index is 595. The van der Waals surface area contributed by atoms with Crippen molar-refractivity contribution in [1.82, 2.24) is 15.5 Å². The molecule has 0 aliphatic carbocycles. The monoisotopic (exact) mass is 474 g/mol. The van der Waals surface area contributed by atoms with Crippen molar-refractivity contribution in [2.75, 3.05) is 26.7 Å². The smallest absolute Gasteiger partial charge is 0.222 e. The number of hydrogen-bond acceptors (Lipinski definition) is 3. The number of hydrogen-bond donors (Lipinski definition) is 2. The number of nitrogens with zero attached hydrogens (tertiary/aromatic N) is 2. The van der Waals surface area contributed by atoms with Gasteiger partial charge in [0.15, 0.2) is 5.96 Å². The third kappa shape index (κ3) is 6.75. The molecule has 0 aromatic heterocycles. The van der Waals surface area contributed by atoms with E-state index in [1.165, 1.54) is 0 Å². The van der Waals surface area contributed by atoms with Gasteiger partial charge in [-0.2, -0.15) is 0 Å². The van der Waals surface area contributed by atoms with Crippen LogP contribution in [0.3, 0.4) is 0 Å².